The number of likely N-dealkylation sites (N-methyl/N-ethyl adjacent to an activating group) is 1. The lowest BCUT2D eigenvalue weighted by atomic mass is 10.0. The monoisotopic (exact) mass is 235 g/mol. The van der Waals surface area contributed by atoms with Gasteiger partial charge in [-0.05, 0) is 31.2 Å². The Kier molecular flexibility index (Phi) is 4.84. The third kappa shape index (κ3) is 3.67. The molecule has 0 heterocycles. The molecule has 92 valence electrons. The van der Waals surface area contributed by atoms with E-state index in [1.807, 2.05) is 6.92 Å². The number of carbonyl (C=O) groups is 2. The maximum Gasteiger partial charge on any atom is 0.335 e. The molecule has 0 saturated heterocycles. The number of hydrogen-bond acceptors (Lipinski definition) is 3. The summed E-state index contributed by atoms with van der Waals surface area (Å²) in [5, 5.41) is 11.7. The number of carbonyl (C=O) groups excluding carboxylic acids is 1. The molecule has 0 aliphatic heterocycles. The van der Waals surface area contributed by atoms with Crippen molar-refractivity contribution in [2.45, 2.75) is 25.8 Å². The second-order valence-corrected chi connectivity index (χ2v) is 3.87. The van der Waals surface area contributed by atoms with Crippen molar-refractivity contribution in [3.63, 3.8) is 0 Å². The van der Waals surface area contributed by atoms with Crippen LogP contribution in [0.5, 0.6) is 0 Å². The lowest BCUT2D eigenvalue weighted by Gasteiger charge is -2.14. The maximum atomic E-state index is 11.6. The molecule has 1 atom stereocenters. The Hall–Kier alpha value is -1.68. The van der Waals surface area contributed by atoms with E-state index in [2.05, 4.69) is 5.32 Å². The molecule has 1 aromatic rings. The van der Waals surface area contributed by atoms with E-state index in [-0.39, 0.29) is 17.4 Å². The Morgan fingerprint density at radius 3 is 2.29 bits per heavy atom. The van der Waals surface area contributed by atoms with Crippen LogP contribution in [0.15, 0.2) is 24.3 Å². The van der Waals surface area contributed by atoms with Gasteiger partial charge in [-0.2, -0.15) is 0 Å². The zero-order valence-corrected chi connectivity index (χ0v) is 10.1. The fourth-order valence-corrected chi connectivity index (χ4v) is 1.64. The minimum Gasteiger partial charge on any atom is -0.478 e. The minimum atomic E-state index is -0.939. The van der Waals surface area contributed by atoms with E-state index >= 15 is 0 Å². The van der Waals surface area contributed by atoms with Crippen molar-refractivity contribution in [1.29, 1.82) is 0 Å². The van der Waals surface area contributed by atoms with Crippen molar-refractivity contribution in [3.8, 4) is 0 Å². The van der Waals surface area contributed by atoms with Gasteiger partial charge in [0.25, 0.3) is 0 Å². The average Bonchev–Trinajstić information content (AvgIpc) is 2.35. The molecule has 0 fully saturated rings. The van der Waals surface area contributed by atoms with Crippen molar-refractivity contribution in [3.05, 3.63) is 35.4 Å². The summed E-state index contributed by atoms with van der Waals surface area (Å²) in [6.45, 7) is 1.83. The van der Waals surface area contributed by atoms with Gasteiger partial charge in [-0.15, -0.1) is 0 Å². The van der Waals surface area contributed by atoms with Crippen molar-refractivity contribution in [1.82, 2.24) is 5.32 Å². The predicted molar refractivity (Wildman–Crippen MR) is 65.3 cm³/mol. The smallest absolute Gasteiger partial charge is 0.335 e. The molecule has 0 radical (unpaired) electrons. The van der Waals surface area contributed by atoms with Gasteiger partial charge < -0.3 is 10.4 Å². The van der Waals surface area contributed by atoms with Gasteiger partial charge in [0.1, 0.15) is 5.78 Å². The zero-order chi connectivity index (χ0) is 12.8. The van der Waals surface area contributed by atoms with Crippen molar-refractivity contribution >= 4 is 11.8 Å². The van der Waals surface area contributed by atoms with Crippen LogP contribution in [0.3, 0.4) is 0 Å². The highest BCUT2D eigenvalue weighted by molar-refractivity contribution is 5.87. The van der Waals surface area contributed by atoms with Crippen molar-refractivity contribution < 1.29 is 14.7 Å². The first-order valence-corrected chi connectivity index (χ1v) is 5.60. The number of rotatable bonds is 6. The molecule has 2 N–H and O–H groups in total. The summed E-state index contributed by atoms with van der Waals surface area (Å²) in [5.41, 5.74) is 1.22. The molecule has 1 unspecified atom stereocenters. The first-order valence-electron chi connectivity index (χ1n) is 5.60. The van der Waals surface area contributed by atoms with E-state index in [1.165, 1.54) is 0 Å². The molecule has 0 aromatic heterocycles. The number of hydrogen-bond donors (Lipinski definition) is 2. The lowest BCUT2D eigenvalue weighted by Crippen LogP contribution is -2.35. The fraction of sp³-hybridized carbons (Fsp3) is 0.385. The Balaban J connectivity index is 2.74. The van der Waals surface area contributed by atoms with E-state index in [0.717, 1.165) is 5.56 Å². The third-order valence-corrected chi connectivity index (χ3v) is 2.73. The quantitative estimate of drug-likeness (QED) is 0.784. The van der Waals surface area contributed by atoms with Crippen LogP contribution in [0, 0.1) is 0 Å². The van der Waals surface area contributed by atoms with Crippen LogP contribution in [0.2, 0.25) is 0 Å². The largest absolute Gasteiger partial charge is 0.478 e. The number of benzene rings is 1. The van der Waals surface area contributed by atoms with Crippen LogP contribution in [0.1, 0.15) is 29.3 Å². The molecular formula is C13H17NO3. The highest BCUT2D eigenvalue weighted by Gasteiger charge is 2.14. The fourth-order valence-electron chi connectivity index (χ4n) is 1.64. The highest BCUT2D eigenvalue weighted by atomic mass is 16.4. The summed E-state index contributed by atoms with van der Waals surface area (Å²) in [7, 11) is 1.75. The Morgan fingerprint density at radius 1 is 1.29 bits per heavy atom. The number of nitrogens with one attached hydrogen (secondary N) is 1. The molecule has 0 amide bonds. The van der Waals surface area contributed by atoms with Gasteiger partial charge in [-0.1, -0.05) is 19.1 Å². The summed E-state index contributed by atoms with van der Waals surface area (Å²) in [6.07, 6.45) is 1.09. The van der Waals surface area contributed by atoms with E-state index in [9.17, 15) is 9.59 Å². The van der Waals surface area contributed by atoms with Crippen LogP contribution in [-0.2, 0) is 11.2 Å². The molecule has 0 bridgehead atoms. The number of aromatic carboxylic acids is 1. The summed E-state index contributed by atoms with van der Waals surface area (Å²) in [6, 6.07) is 6.41. The normalized spacial score (nSPS) is 12.1. The predicted octanol–water partition coefficient (Wildman–Crippen LogP) is 1.49. The summed E-state index contributed by atoms with van der Waals surface area (Å²) >= 11 is 0. The highest BCUT2D eigenvalue weighted by Crippen LogP contribution is 2.08. The standard InChI is InChI=1S/C13H17NO3/c1-3-12(15)11(14-2)8-9-4-6-10(7-5-9)13(16)17/h4-7,11,14H,3,8H2,1-2H3,(H,16,17). The van der Waals surface area contributed by atoms with E-state index < -0.39 is 5.97 Å². The lowest BCUT2D eigenvalue weighted by molar-refractivity contribution is -0.120. The Bertz CT molecular complexity index is 398. The molecule has 1 rings (SSSR count). The molecule has 4 nitrogen and oxygen atoms in total. The second-order valence-electron chi connectivity index (χ2n) is 3.87. The molecule has 4 heteroatoms. The van der Waals surface area contributed by atoms with Crippen LogP contribution in [-0.4, -0.2) is 29.9 Å². The molecule has 0 aliphatic carbocycles. The third-order valence-electron chi connectivity index (χ3n) is 2.73. The van der Waals surface area contributed by atoms with E-state index in [4.69, 9.17) is 5.11 Å². The zero-order valence-electron chi connectivity index (χ0n) is 10.1. The SMILES string of the molecule is CCC(=O)C(Cc1ccc(C(=O)O)cc1)NC. The van der Waals surface area contributed by atoms with Crippen molar-refractivity contribution in [2.24, 2.45) is 0 Å². The summed E-state index contributed by atoms with van der Waals surface area (Å²) < 4.78 is 0. The first-order chi connectivity index (χ1) is 8.08. The maximum absolute atomic E-state index is 11.6. The molecule has 1 aromatic carbocycles. The molecule has 0 spiro atoms. The summed E-state index contributed by atoms with van der Waals surface area (Å²) in [4.78, 5) is 22.2. The van der Waals surface area contributed by atoms with Gasteiger partial charge in [0.05, 0.1) is 11.6 Å². The topological polar surface area (TPSA) is 66.4 Å². The van der Waals surface area contributed by atoms with Crippen molar-refractivity contribution in [2.75, 3.05) is 7.05 Å². The van der Waals surface area contributed by atoms with E-state index in [1.54, 1.807) is 31.3 Å². The molecule has 0 saturated carbocycles. The van der Waals surface area contributed by atoms with Gasteiger partial charge in [0.2, 0.25) is 0 Å². The second kappa shape index (κ2) is 6.15. The summed E-state index contributed by atoms with van der Waals surface area (Å²) in [5.74, 6) is -0.777. The number of Topliss-reactive ketones (excluding diaryl/α,β-unsaturated/α-hetero) is 1. The first kappa shape index (κ1) is 13.4. The van der Waals surface area contributed by atoms with Gasteiger partial charge in [-0.3, -0.25) is 4.79 Å². The van der Waals surface area contributed by atoms with E-state index in [0.29, 0.717) is 12.8 Å². The minimum absolute atomic E-state index is 0.162. The molecule has 17 heavy (non-hydrogen) atoms. The van der Waals surface area contributed by atoms with Crippen LogP contribution in [0.25, 0.3) is 0 Å². The average molecular weight is 235 g/mol. The van der Waals surface area contributed by atoms with Gasteiger partial charge in [0.15, 0.2) is 0 Å². The number of carboxylic acid groups (broad SMARTS) is 1. The molecule has 0 aliphatic rings. The van der Waals surface area contributed by atoms with Gasteiger partial charge in [0, 0.05) is 6.42 Å². The molecular weight excluding hydrogens is 218 g/mol. The number of ketones is 1. The van der Waals surface area contributed by atoms with Gasteiger partial charge in [-0.25, -0.2) is 4.79 Å². The van der Waals surface area contributed by atoms with Crippen LogP contribution >= 0.6 is 0 Å². The Morgan fingerprint density at radius 2 is 1.88 bits per heavy atom. The van der Waals surface area contributed by atoms with Crippen LogP contribution < -0.4 is 5.32 Å². The Labute approximate surface area is 101 Å². The van der Waals surface area contributed by atoms with Gasteiger partial charge >= 0.3 is 5.97 Å². The van der Waals surface area contributed by atoms with Crippen LogP contribution in [0.4, 0.5) is 0 Å². The number of carboxylic acids is 1.